The molecule has 1 saturated heterocycles. The molecular weight excluding hydrogens is 400 g/mol. The third-order valence-corrected chi connectivity index (χ3v) is 4.74. The van der Waals surface area contributed by atoms with E-state index in [4.69, 9.17) is 31.5 Å². The Morgan fingerprint density at radius 1 is 1.34 bits per heavy atom. The Morgan fingerprint density at radius 2 is 2.10 bits per heavy atom. The number of nitrogens with zero attached hydrogens (tertiary/aromatic N) is 1. The zero-order valence-electron chi connectivity index (χ0n) is 16.5. The van der Waals surface area contributed by atoms with Crippen LogP contribution in [0.5, 0.6) is 11.5 Å². The highest BCUT2D eigenvalue weighted by Crippen LogP contribution is 2.36. The molecule has 0 radical (unpaired) electrons. The van der Waals surface area contributed by atoms with E-state index in [1.165, 1.54) is 24.2 Å². The van der Waals surface area contributed by atoms with E-state index in [2.05, 4.69) is 0 Å². The fourth-order valence-corrected chi connectivity index (χ4v) is 3.31. The Labute approximate surface area is 174 Å². The average Bonchev–Trinajstić information content (AvgIpc) is 2.70. The lowest BCUT2D eigenvalue weighted by Crippen LogP contribution is -2.45. The van der Waals surface area contributed by atoms with Gasteiger partial charge >= 0.3 is 5.97 Å². The summed E-state index contributed by atoms with van der Waals surface area (Å²) in [5.41, 5.74) is 5.92. The smallest absolute Gasteiger partial charge is 0.331 e. The number of likely N-dealkylation sites (tertiary alicyclic amines) is 1. The average molecular weight is 425 g/mol. The van der Waals surface area contributed by atoms with Crippen molar-refractivity contribution in [2.75, 3.05) is 33.4 Å². The first-order valence-electron chi connectivity index (χ1n) is 9.28. The van der Waals surface area contributed by atoms with Crippen molar-refractivity contribution in [3.05, 3.63) is 28.8 Å². The summed E-state index contributed by atoms with van der Waals surface area (Å²) in [6.07, 6.45) is 4.05. The highest BCUT2D eigenvalue weighted by Gasteiger charge is 2.27. The highest BCUT2D eigenvalue weighted by atomic mass is 35.5. The van der Waals surface area contributed by atoms with Gasteiger partial charge in [-0.05, 0) is 43.5 Å². The van der Waals surface area contributed by atoms with Crippen LogP contribution in [0.4, 0.5) is 0 Å². The van der Waals surface area contributed by atoms with Gasteiger partial charge in [-0.3, -0.25) is 9.59 Å². The van der Waals surface area contributed by atoms with Crippen LogP contribution >= 0.6 is 11.6 Å². The summed E-state index contributed by atoms with van der Waals surface area (Å²) in [6.45, 7) is 2.63. The van der Waals surface area contributed by atoms with Crippen molar-refractivity contribution in [2.45, 2.75) is 19.8 Å². The van der Waals surface area contributed by atoms with E-state index in [1.54, 1.807) is 12.1 Å². The summed E-state index contributed by atoms with van der Waals surface area (Å²) in [4.78, 5) is 36.9. The number of piperidine rings is 1. The number of esters is 1. The maximum absolute atomic E-state index is 12.2. The summed E-state index contributed by atoms with van der Waals surface area (Å²) in [7, 11) is 1.49. The van der Waals surface area contributed by atoms with E-state index >= 15 is 0 Å². The normalized spacial score (nSPS) is 16.5. The monoisotopic (exact) mass is 424 g/mol. The largest absolute Gasteiger partial charge is 0.491 e. The minimum absolute atomic E-state index is 0.256. The predicted molar refractivity (Wildman–Crippen MR) is 108 cm³/mol. The number of ether oxygens (including phenoxy) is 3. The van der Waals surface area contributed by atoms with Gasteiger partial charge < -0.3 is 24.8 Å². The van der Waals surface area contributed by atoms with Crippen LogP contribution in [0.2, 0.25) is 5.02 Å². The molecule has 1 atom stereocenters. The van der Waals surface area contributed by atoms with Gasteiger partial charge in [0.1, 0.15) is 0 Å². The maximum atomic E-state index is 12.2. The second-order valence-electron chi connectivity index (χ2n) is 6.49. The Kier molecular flexibility index (Phi) is 8.33. The van der Waals surface area contributed by atoms with Gasteiger partial charge in [-0.2, -0.15) is 0 Å². The summed E-state index contributed by atoms with van der Waals surface area (Å²) in [5.74, 6) is -0.945. The fourth-order valence-electron chi connectivity index (χ4n) is 3.02. The molecule has 1 aromatic rings. The zero-order valence-corrected chi connectivity index (χ0v) is 17.2. The second kappa shape index (κ2) is 10.7. The van der Waals surface area contributed by atoms with E-state index in [0.29, 0.717) is 48.1 Å². The molecule has 9 heteroatoms. The summed E-state index contributed by atoms with van der Waals surface area (Å²) in [6, 6.07) is 3.30. The molecular formula is C20H25ClN2O6. The molecule has 1 heterocycles. The van der Waals surface area contributed by atoms with Crippen molar-refractivity contribution >= 4 is 35.5 Å². The number of benzene rings is 1. The van der Waals surface area contributed by atoms with Crippen LogP contribution in [0.1, 0.15) is 25.3 Å². The molecule has 0 spiro atoms. The molecule has 0 aliphatic carbocycles. The number of methoxy groups -OCH3 is 1. The third-order valence-electron chi connectivity index (χ3n) is 4.46. The van der Waals surface area contributed by atoms with Crippen LogP contribution < -0.4 is 15.2 Å². The molecule has 1 aliphatic heterocycles. The summed E-state index contributed by atoms with van der Waals surface area (Å²) < 4.78 is 15.7. The number of hydrogen-bond acceptors (Lipinski definition) is 6. The maximum Gasteiger partial charge on any atom is 0.331 e. The number of carbonyl (C=O) groups is 3. The van der Waals surface area contributed by atoms with Gasteiger partial charge in [-0.1, -0.05) is 11.6 Å². The van der Waals surface area contributed by atoms with Crippen molar-refractivity contribution in [2.24, 2.45) is 11.7 Å². The van der Waals surface area contributed by atoms with Crippen molar-refractivity contribution in [1.82, 2.24) is 4.90 Å². The van der Waals surface area contributed by atoms with Crippen molar-refractivity contribution in [1.29, 1.82) is 0 Å². The van der Waals surface area contributed by atoms with E-state index < -0.39 is 18.5 Å². The first-order valence-corrected chi connectivity index (χ1v) is 9.65. The van der Waals surface area contributed by atoms with Gasteiger partial charge in [0, 0.05) is 19.2 Å². The molecule has 1 aromatic carbocycles. The van der Waals surface area contributed by atoms with Crippen molar-refractivity contribution in [3.8, 4) is 11.5 Å². The molecule has 158 valence electrons. The van der Waals surface area contributed by atoms with Crippen LogP contribution in [0, 0.1) is 5.92 Å². The van der Waals surface area contributed by atoms with Crippen molar-refractivity contribution in [3.63, 3.8) is 0 Å². The Morgan fingerprint density at radius 3 is 2.76 bits per heavy atom. The van der Waals surface area contributed by atoms with Gasteiger partial charge in [-0.25, -0.2) is 4.79 Å². The van der Waals surface area contributed by atoms with E-state index in [-0.39, 0.29) is 18.4 Å². The van der Waals surface area contributed by atoms with Crippen molar-refractivity contribution < 1.29 is 28.6 Å². The number of rotatable bonds is 8. The van der Waals surface area contributed by atoms with Gasteiger partial charge in [0.25, 0.3) is 5.91 Å². The highest BCUT2D eigenvalue weighted by molar-refractivity contribution is 6.32. The van der Waals surface area contributed by atoms with Gasteiger partial charge in [0.2, 0.25) is 5.91 Å². The number of amides is 2. The van der Waals surface area contributed by atoms with Crippen LogP contribution in [0.15, 0.2) is 18.2 Å². The van der Waals surface area contributed by atoms with Gasteiger partial charge in [-0.15, -0.1) is 0 Å². The minimum atomic E-state index is -0.674. The van der Waals surface area contributed by atoms with E-state index in [9.17, 15) is 14.4 Å². The Bertz CT molecular complexity index is 795. The molecule has 0 saturated carbocycles. The molecule has 0 bridgehead atoms. The minimum Gasteiger partial charge on any atom is -0.491 e. The molecule has 29 heavy (non-hydrogen) atoms. The topological polar surface area (TPSA) is 108 Å². The number of hydrogen-bond donors (Lipinski definition) is 1. The Hall–Kier alpha value is -2.74. The van der Waals surface area contributed by atoms with Crippen LogP contribution in [0.3, 0.4) is 0 Å². The summed E-state index contributed by atoms with van der Waals surface area (Å²) in [5, 5.41) is 0.343. The molecule has 2 N–H and O–H groups in total. The quantitative estimate of drug-likeness (QED) is 0.505. The zero-order chi connectivity index (χ0) is 21.4. The molecule has 1 aliphatic rings. The van der Waals surface area contributed by atoms with E-state index in [0.717, 1.165) is 0 Å². The van der Waals surface area contributed by atoms with Crippen LogP contribution in [-0.4, -0.2) is 56.1 Å². The molecule has 8 nitrogen and oxygen atoms in total. The number of halogens is 1. The molecule has 0 unspecified atom stereocenters. The van der Waals surface area contributed by atoms with Gasteiger partial charge in [0.05, 0.1) is 24.7 Å². The number of carbonyl (C=O) groups excluding carboxylic acids is 3. The first-order chi connectivity index (χ1) is 13.8. The summed E-state index contributed by atoms with van der Waals surface area (Å²) >= 11 is 6.17. The fraction of sp³-hybridized carbons (Fsp3) is 0.450. The molecule has 2 rings (SSSR count). The number of primary amides is 1. The van der Waals surface area contributed by atoms with Gasteiger partial charge in [0.15, 0.2) is 18.1 Å². The third kappa shape index (κ3) is 6.39. The lowest BCUT2D eigenvalue weighted by molar-refractivity contribution is -0.149. The Balaban J connectivity index is 1.92. The van der Waals surface area contributed by atoms with Crippen LogP contribution in [0.25, 0.3) is 6.08 Å². The molecule has 0 aromatic heterocycles. The lowest BCUT2D eigenvalue weighted by Gasteiger charge is -2.30. The number of nitrogens with two attached hydrogens (primary N) is 1. The molecule has 1 fully saturated rings. The van der Waals surface area contributed by atoms with E-state index in [1.807, 2.05) is 6.92 Å². The second-order valence-corrected chi connectivity index (χ2v) is 6.90. The molecule has 2 amide bonds. The first kappa shape index (κ1) is 22.5. The van der Waals surface area contributed by atoms with Crippen LogP contribution in [-0.2, 0) is 19.1 Å². The standard InChI is InChI=1S/C20H25ClN2O6/c1-3-28-16-10-13(9-15(21)19(16)27-2)6-7-18(25)29-12-17(24)23-8-4-5-14(11-23)20(22)26/h6-7,9-10,14H,3-5,8,11-12H2,1-2H3,(H2,22,26)/b7-6+/t14-/m0/s1. The lowest BCUT2D eigenvalue weighted by atomic mass is 9.97. The SMILES string of the molecule is CCOc1cc(/C=C/C(=O)OCC(=O)N2CCC[C@H](C(N)=O)C2)cc(Cl)c1OC. The predicted octanol–water partition coefficient (Wildman–Crippen LogP) is 2.03.